The molecule has 222 valence electrons. The molecule has 5 aromatic rings. The summed E-state index contributed by atoms with van der Waals surface area (Å²) in [5, 5.41) is 9.67. The molecule has 0 radical (unpaired) electrons. The van der Waals surface area contributed by atoms with Gasteiger partial charge in [-0.05, 0) is 66.9 Å². The van der Waals surface area contributed by atoms with Crippen LogP contribution in [-0.4, -0.2) is 32.6 Å². The number of imidazole rings is 1. The maximum Gasteiger partial charge on any atom is 0.337 e. The standard InChI is InChI=1S/C33H26ClF2N5O3/c1-43-31(42)21-4-7-28-29(16-21)41(19-33(9-10-33)11-12-37)30(39-28)15-20-2-6-24(26(36)14-20)27-8-13-38-32(40-27)44-18-22-3-5-23(34)17-25(22)35/h2-8,13-14,16-17H,9-11,15,18-19H2,1H3. The highest BCUT2D eigenvalue weighted by Crippen LogP contribution is 2.50. The lowest BCUT2D eigenvalue weighted by Crippen LogP contribution is -2.14. The normalized spacial score (nSPS) is 13.4. The average molecular weight is 614 g/mol. The molecule has 0 saturated heterocycles. The van der Waals surface area contributed by atoms with Crippen molar-refractivity contribution in [3.05, 3.63) is 106 Å². The van der Waals surface area contributed by atoms with Gasteiger partial charge in [0.05, 0.1) is 35.5 Å². The highest BCUT2D eigenvalue weighted by Gasteiger charge is 2.43. The van der Waals surface area contributed by atoms with Gasteiger partial charge in [0.1, 0.15) is 24.1 Å². The summed E-state index contributed by atoms with van der Waals surface area (Å²) in [5.74, 6) is -0.752. The number of esters is 1. The first kappa shape index (κ1) is 29.2. The molecule has 0 atom stereocenters. The number of fused-ring (bicyclic) bond motifs is 1. The SMILES string of the molecule is COC(=O)c1ccc2nc(Cc3ccc(-c4ccnc(OCc5ccc(Cl)cc5F)n4)c(F)c3)n(CC3(CC#N)CC3)c2c1. The number of halogens is 3. The molecule has 3 aromatic carbocycles. The summed E-state index contributed by atoms with van der Waals surface area (Å²) >= 11 is 5.81. The first-order chi connectivity index (χ1) is 21.3. The quantitative estimate of drug-likeness (QED) is 0.155. The molecular weight excluding hydrogens is 588 g/mol. The van der Waals surface area contributed by atoms with Crippen LogP contribution in [0.5, 0.6) is 6.01 Å². The minimum Gasteiger partial charge on any atom is -0.465 e. The van der Waals surface area contributed by atoms with Crippen molar-refractivity contribution in [1.29, 1.82) is 5.26 Å². The van der Waals surface area contributed by atoms with Crippen LogP contribution in [0.4, 0.5) is 8.78 Å². The van der Waals surface area contributed by atoms with Gasteiger partial charge in [-0.15, -0.1) is 0 Å². The summed E-state index contributed by atoms with van der Waals surface area (Å²) in [7, 11) is 1.33. The zero-order chi connectivity index (χ0) is 30.8. The molecule has 1 saturated carbocycles. The summed E-state index contributed by atoms with van der Waals surface area (Å²) in [5.41, 5.74) is 3.25. The Labute approximate surface area is 256 Å². The molecule has 11 heteroatoms. The molecule has 2 aromatic heterocycles. The van der Waals surface area contributed by atoms with Gasteiger partial charge in [0.2, 0.25) is 0 Å². The zero-order valence-corrected chi connectivity index (χ0v) is 24.4. The Kier molecular flexibility index (Phi) is 7.97. The number of aromatic nitrogens is 4. The number of nitriles is 1. The second-order valence-electron chi connectivity index (χ2n) is 10.9. The summed E-state index contributed by atoms with van der Waals surface area (Å²) in [6.45, 7) is 0.451. The van der Waals surface area contributed by atoms with E-state index in [4.69, 9.17) is 26.1 Å². The fourth-order valence-electron chi connectivity index (χ4n) is 5.20. The zero-order valence-electron chi connectivity index (χ0n) is 23.7. The van der Waals surface area contributed by atoms with Crippen molar-refractivity contribution in [3.63, 3.8) is 0 Å². The second-order valence-corrected chi connectivity index (χ2v) is 11.3. The molecule has 0 unspecified atom stereocenters. The van der Waals surface area contributed by atoms with Crippen LogP contribution < -0.4 is 4.74 Å². The second kappa shape index (κ2) is 12.0. The summed E-state index contributed by atoms with van der Waals surface area (Å²) in [6.07, 6.45) is 4.05. The third-order valence-corrected chi connectivity index (χ3v) is 8.07. The Morgan fingerprint density at radius 2 is 1.91 bits per heavy atom. The summed E-state index contributed by atoms with van der Waals surface area (Å²) in [6, 6.07) is 18.2. The van der Waals surface area contributed by atoms with Gasteiger partial charge >= 0.3 is 12.0 Å². The van der Waals surface area contributed by atoms with Crippen molar-refractivity contribution in [3.8, 4) is 23.3 Å². The molecule has 6 rings (SSSR count). The van der Waals surface area contributed by atoms with E-state index in [0.717, 1.165) is 18.4 Å². The topological polar surface area (TPSA) is 103 Å². The van der Waals surface area contributed by atoms with Crippen molar-refractivity contribution in [2.45, 2.75) is 38.8 Å². The van der Waals surface area contributed by atoms with E-state index in [2.05, 4.69) is 16.0 Å². The van der Waals surface area contributed by atoms with E-state index >= 15 is 4.39 Å². The van der Waals surface area contributed by atoms with Crippen LogP contribution in [0.15, 0.2) is 66.9 Å². The molecule has 2 heterocycles. The number of benzene rings is 3. The smallest absolute Gasteiger partial charge is 0.337 e. The van der Waals surface area contributed by atoms with Gasteiger partial charge in [0, 0.05) is 47.1 Å². The number of carbonyl (C=O) groups is 1. The lowest BCUT2D eigenvalue weighted by molar-refractivity contribution is 0.0601. The Bertz CT molecular complexity index is 1930. The fraction of sp³-hybridized carbons (Fsp3) is 0.242. The van der Waals surface area contributed by atoms with E-state index < -0.39 is 17.6 Å². The van der Waals surface area contributed by atoms with E-state index in [0.29, 0.717) is 47.5 Å². The predicted octanol–water partition coefficient (Wildman–Crippen LogP) is 7.08. The van der Waals surface area contributed by atoms with Crippen LogP contribution in [0.25, 0.3) is 22.3 Å². The highest BCUT2D eigenvalue weighted by atomic mass is 35.5. The van der Waals surface area contributed by atoms with E-state index in [1.807, 2.05) is 4.57 Å². The minimum absolute atomic E-state index is 0.0215. The van der Waals surface area contributed by atoms with Crippen molar-refractivity contribution in [2.75, 3.05) is 7.11 Å². The number of ether oxygens (including phenoxy) is 2. The van der Waals surface area contributed by atoms with Crippen LogP contribution in [0.1, 0.15) is 46.6 Å². The van der Waals surface area contributed by atoms with Crippen LogP contribution >= 0.6 is 11.6 Å². The summed E-state index contributed by atoms with van der Waals surface area (Å²) in [4.78, 5) is 25.4. The van der Waals surface area contributed by atoms with Crippen molar-refractivity contribution in [2.24, 2.45) is 5.41 Å². The van der Waals surface area contributed by atoms with Crippen LogP contribution in [0.3, 0.4) is 0 Å². The van der Waals surface area contributed by atoms with Gasteiger partial charge in [-0.1, -0.05) is 23.7 Å². The van der Waals surface area contributed by atoms with Gasteiger partial charge in [-0.3, -0.25) is 0 Å². The van der Waals surface area contributed by atoms with Crippen molar-refractivity contribution >= 4 is 28.6 Å². The number of nitrogens with zero attached hydrogens (tertiary/aromatic N) is 5. The van der Waals surface area contributed by atoms with Gasteiger partial charge in [0.15, 0.2) is 0 Å². The predicted molar refractivity (Wildman–Crippen MR) is 159 cm³/mol. The van der Waals surface area contributed by atoms with Crippen molar-refractivity contribution in [1.82, 2.24) is 19.5 Å². The Hall–Kier alpha value is -4.88. The molecule has 0 amide bonds. The largest absolute Gasteiger partial charge is 0.465 e. The first-order valence-electron chi connectivity index (χ1n) is 13.9. The lowest BCUT2D eigenvalue weighted by atomic mass is 10.0. The first-order valence-corrected chi connectivity index (χ1v) is 14.3. The van der Waals surface area contributed by atoms with E-state index in [-0.39, 0.29) is 34.2 Å². The average Bonchev–Trinajstić information content (AvgIpc) is 3.70. The van der Waals surface area contributed by atoms with Crippen LogP contribution in [0, 0.1) is 28.4 Å². The molecule has 0 aliphatic heterocycles. The third kappa shape index (κ3) is 6.10. The maximum absolute atomic E-state index is 15.5. The van der Waals surface area contributed by atoms with Crippen LogP contribution in [-0.2, 0) is 24.3 Å². The van der Waals surface area contributed by atoms with Gasteiger partial charge in [-0.25, -0.2) is 23.5 Å². The van der Waals surface area contributed by atoms with E-state index in [1.165, 1.54) is 31.5 Å². The molecule has 0 N–H and O–H groups in total. The molecule has 1 aliphatic carbocycles. The number of hydrogen-bond donors (Lipinski definition) is 0. The van der Waals surface area contributed by atoms with E-state index in [1.54, 1.807) is 42.5 Å². The van der Waals surface area contributed by atoms with Crippen molar-refractivity contribution < 1.29 is 23.0 Å². The maximum atomic E-state index is 15.5. The summed E-state index contributed by atoms with van der Waals surface area (Å²) < 4.78 is 42.1. The fourth-order valence-corrected chi connectivity index (χ4v) is 5.36. The Morgan fingerprint density at radius 1 is 1.07 bits per heavy atom. The molecule has 1 fully saturated rings. The molecule has 0 spiro atoms. The minimum atomic E-state index is -0.509. The molecule has 8 nitrogen and oxygen atoms in total. The number of hydrogen-bond acceptors (Lipinski definition) is 7. The highest BCUT2D eigenvalue weighted by molar-refractivity contribution is 6.30. The Morgan fingerprint density at radius 3 is 2.64 bits per heavy atom. The van der Waals surface area contributed by atoms with Crippen LogP contribution in [0.2, 0.25) is 5.02 Å². The molecule has 1 aliphatic rings. The van der Waals surface area contributed by atoms with Gasteiger partial charge in [-0.2, -0.15) is 10.2 Å². The monoisotopic (exact) mass is 613 g/mol. The van der Waals surface area contributed by atoms with Gasteiger partial charge < -0.3 is 14.0 Å². The molecular formula is C33H26ClF2N5O3. The van der Waals surface area contributed by atoms with Gasteiger partial charge in [0.25, 0.3) is 0 Å². The van der Waals surface area contributed by atoms with E-state index in [9.17, 15) is 14.4 Å². The molecule has 0 bridgehead atoms. The number of carbonyl (C=O) groups excluding carboxylic acids is 1. The third-order valence-electron chi connectivity index (χ3n) is 7.83. The molecule has 44 heavy (non-hydrogen) atoms. The number of methoxy groups -OCH3 is 1. The Balaban J connectivity index is 1.26. The lowest BCUT2D eigenvalue weighted by Gasteiger charge is -2.16. The number of rotatable bonds is 10.